The maximum atomic E-state index is 13.8. The Balaban J connectivity index is 2.48. The molecule has 116 valence electrons. The number of ether oxygens (including phenoxy) is 2. The van der Waals surface area contributed by atoms with E-state index in [0.717, 1.165) is 0 Å². The summed E-state index contributed by atoms with van der Waals surface area (Å²) in [6.07, 6.45) is -0.859. The second-order valence-corrected chi connectivity index (χ2v) is 4.30. The van der Waals surface area contributed by atoms with Crippen molar-refractivity contribution in [2.45, 2.75) is 18.9 Å². The molecule has 0 aliphatic rings. The summed E-state index contributed by atoms with van der Waals surface area (Å²) in [6, 6.07) is 4.70. The van der Waals surface area contributed by atoms with E-state index in [1.165, 1.54) is 20.3 Å². The van der Waals surface area contributed by atoms with Crippen LogP contribution in [0.3, 0.4) is 0 Å². The van der Waals surface area contributed by atoms with Crippen molar-refractivity contribution < 1.29 is 28.6 Å². The third-order valence-electron chi connectivity index (χ3n) is 2.93. The largest absolute Gasteiger partial charge is 0.494 e. The molecule has 6 nitrogen and oxygen atoms in total. The van der Waals surface area contributed by atoms with Gasteiger partial charge in [-0.1, -0.05) is 12.1 Å². The Bertz CT molecular complexity index is 506. The van der Waals surface area contributed by atoms with E-state index in [9.17, 15) is 14.0 Å². The number of rotatable bonds is 8. The number of benzene rings is 1. The van der Waals surface area contributed by atoms with Gasteiger partial charge in [0.15, 0.2) is 17.7 Å². The molecule has 0 bridgehead atoms. The van der Waals surface area contributed by atoms with Gasteiger partial charge in [-0.3, -0.25) is 4.79 Å². The number of carbonyl (C=O) groups excluding carboxylic acids is 1. The number of methoxy groups -OCH3 is 2. The van der Waals surface area contributed by atoms with E-state index in [-0.39, 0.29) is 31.0 Å². The van der Waals surface area contributed by atoms with Crippen molar-refractivity contribution in [1.29, 1.82) is 0 Å². The van der Waals surface area contributed by atoms with E-state index >= 15 is 0 Å². The summed E-state index contributed by atoms with van der Waals surface area (Å²) in [5, 5.41) is 11.2. The molecule has 1 amide bonds. The Labute approximate surface area is 121 Å². The minimum absolute atomic E-state index is 0.0418. The summed E-state index contributed by atoms with van der Waals surface area (Å²) in [4.78, 5) is 22.3. The lowest BCUT2D eigenvalue weighted by Crippen LogP contribution is -2.37. The van der Waals surface area contributed by atoms with Gasteiger partial charge in [-0.15, -0.1) is 0 Å². The summed E-state index contributed by atoms with van der Waals surface area (Å²) in [6.45, 7) is -0.134. The smallest absolute Gasteiger partial charge is 0.334 e. The molecule has 1 aromatic carbocycles. The summed E-state index contributed by atoms with van der Waals surface area (Å²) in [5.74, 6) is -1.90. The fourth-order valence-electron chi connectivity index (χ4n) is 1.72. The van der Waals surface area contributed by atoms with E-state index in [2.05, 4.69) is 10.1 Å². The molecule has 0 radical (unpaired) electrons. The molecule has 1 aromatic rings. The normalized spacial score (nSPS) is 11.8. The summed E-state index contributed by atoms with van der Waals surface area (Å²) in [7, 11) is 2.61. The molecule has 7 heteroatoms. The van der Waals surface area contributed by atoms with Gasteiger partial charge in [-0.25, -0.2) is 9.18 Å². The topological polar surface area (TPSA) is 84.9 Å². The molecular formula is C14H18FNO5. The number of hydrogen-bond donors (Lipinski definition) is 2. The van der Waals surface area contributed by atoms with Crippen LogP contribution in [0.15, 0.2) is 18.2 Å². The number of carbonyl (C=O) groups is 2. The van der Waals surface area contributed by atoms with E-state index in [0.29, 0.717) is 5.56 Å². The number of carboxylic acid groups (broad SMARTS) is 1. The molecule has 0 aliphatic heterocycles. The Hall–Kier alpha value is -2.15. The zero-order valence-electron chi connectivity index (χ0n) is 11.9. The van der Waals surface area contributed by atoms with Crippen LogP contribution in [-0.2, 0) is 20.7 Å². The first-order chi connectivity index (χ1) is 9.99. The highest BCUT2D eigenvalue weighted by Gasteiger charge is 2.17. The third-order valence-corrected chi connectivity index (χ3v) is 2.93. The Morgan fingerprint density at radius 3 is 2.67 bits per heavy atom. The zero-order valence-corrected chi connectivity index (χ0v) is 11.9. The third kappa shape index (κ3) is 5.03. The molecule has 0 heterocycles. The molecule has 21 heavy (non-hydrogen) atoms. The van der Waals surface area contributed by atoms with Crippen LogP contribution in [0.2, 0.25) is 0 Å². The second-order valence-electron chi connectivity index (χ2n) is 4.30. The van der Waals surface area contributed by atoms with Crippen LogP contribution in [0, 0.1) is 5.82 Å². The second kappa shape index (κ2) is 8.21. The number of amides is 1. The molecule has 0 saturated carbocycles. The molecule has 0 fully saturated rings. The monoisotopic (exact) mass is 299 g/mol. The van der Waals surface area contributed by atoms with Gasteiger partial charge in [0.1, 0.15) is 0 Å². The molecule has 1 rings (SSSR count). The van der Waals surface area contributed by atoms with Gasteiger partial charge in [0.2, 0.25) is 5.91 Å². The standard InChI is InChI=1S/C14H18FNO5/c1-20-10-5-3-4-9(13(10)15)6-7-12(17)16-8-11(21-2)14(18)19/h3-5,11H,6-8H2,1-2H3,(H,16,17)(H,18,19). The zero-order chi connectivity index (χ0) is 15.8. The fourth-order valence-corrected chi connectivity index (χ4v) is 1.72. The highest BCUT2D eigenvalue weighted by atomic mass is 19.1. The minimum Gasteiger partial charge on any atom is -0.494 e. The molecule has 0 saturated heterocycles. The van der Waals surface area contributed by atoms with Gasteiger partial charge in [0, 0.05) is 13.5 Å². The Morgan fingerprint density at radius 1 is 1.38 bits per heavy atom. The van der Waals surface area contributed by atoms with Gasteiger partial charge in [-0.2, -0.15) is 0 Å². The molecule has 0 aliphatic carbocycles. The van der Waals surface area contributed by atoms with Gasteiger partial charge in [-0.05, 0) is 18.1 Å². The van der Waals surface area contributed by atoms with Crippen molar-refractivity contribution in [3.8, 4) is 5.75 Å². The van der Waals surface area contributed by atoms with Crippen molar-refractivity contribution in [2.75, 3.05) is 20.8 Å². The molecule has 0 spiro atoms. The van der Waals surface area contributed by atoms with Crippen LogP contribution in [-0.4, -0.2) is 43.9 Å². The highest BCUT2D eigenvalue weighted by Crippen LogP contribution is 2.20. The van der Waals surface area contributed by atoms with Gasteiger partial charge in [0.25, 0.3) is 0 Å². The van der Waals surface area contributed by atoms with Crippen LogP contribution in [0.1, 0.15) is 12.0 Å². The van der Waals surface area contributed by atoms with E-state index in [1.54, 1.807) is 12.1 Å². The first kappa shape index (κ1) is 16.9. The number of hydrogen-bond acceptors (Lipinski definition) is 4. The van der Waals surface area contributed by atoms with Crippen molar-refractivity contribution in [3.05, 3.63) is 29.6 Å². The molecular weight excluding hydrogens is 281 g/mol. The molecule has 0 aromatic heterocycles. The fraction of sp³-hybridized carbons (Fsp3) is 0.429. The molecule has 2 N–H and O–H groups in total. The maximum absolute atomic E-state index is 13.8. The predicted octanol–water partition coefficient (Wildman–Crippen LogP) is 0.983. The van der Waals surface area contributed by atoms with Crippen molar-refractivity contribution >= 4 is 11.9 Å². The molecule has 1 atom stereocenters. The number of aliphatic carboxylic acids is 1. The highest BCUT2D eigenvalue weighted by molar-refractivity contribution is 5.78. The summed E-state index contributed by atoms with van der Waals surface area (Å²) in [5.41, 5.74) is 0.367. The van der Waals surface area contributed by atoms with Gasteiger partial charge >= 0.3 is 5.97 Å². The first-order valence-corrected chi connectivity index (χ1v) is 6.33. The number of nitrogens with one attached hydrogen (secondary N) is 1. The molecule has 1 unspecified atom stereocenters. The lowest BCUT2D eigenvalue weighted by atomic mass is 10.1. The van der Waals surface area contributed by atoms with E-state index in [4.69, 9.17) is 9.84 Å². The predicted molar refractivity (Wildman–Crippen MR) is 72.7 cm³/mol. The summed E-state index contributed by atoms with van der Waals surface area (Å²) >= 11 is 0. The maximum Gasteiger partial charge on any atom is 0.334 e. The average Bonchev–Trinajstić information content (AvgIpc) is 2.46. The SMILES string of the molecule is COc1cccc(CCC(=O)NCC(OC)C(=O)O)c1F. The van der Waals surface area contributed by atoms with E-state index < -0.39 is 17.9 Å². The van der Waals surface area contributed by atoms with Crippen LogP contribution < -0.4 is 10.1 Å². The Morgan fingerprint density at radius 2 is 2.10 bits per heavy atom. The van der Waals surface area contributed by atoms with Gasteiger partial charge in [0.05, 0.1) is 13.7 Å². The van der Waals surface area contributed by atoms with Crippen LogP contribution in [0.4, 0.5) is 4.39 Å². The van der Waals surface area contributed by atoms with Crippen LogP contribution in [0.5, 0.6) is 5.75 Å². The Kier molecular flexibility index (Phi) is 6.61. The lowest BCUT2D eigenvalue weighted by Gasteiger charge is -2.12. The minimum atomic E-state index is -1.16. The summed E-state index contributed by atoms with van der Waals surface area (Å²) < 4.78 is 23.4. The lowest BCUT2D eigenvalue weighted by molar-refractivity contribution is -0.148. The van der Waals surface area contributed by atoms with Crippen molar-refractivity contribution in [3.63, 3.8) is 0 Å². The van der Waals surface area contributed by atoms with Crippen LogP contribution in [0.25, 0.3) is 0 Å². The van der Waals surface area contributed by atoms with E-state index in [1.807, 2.05) is 0 Å². The number of carboxylic acids is 1. The number of aryl methyl sites for hydroxylation is 1. The van der Waals surface area contributed by atoms with Crippen LogP contribution >= 0.6 is 0 Å². The van der Waals surface area contributed by atoms with Crippen molar-refractivity contribution in [2.24, 2.45) is 0 Å². The number of halogens is 1. The average molecular weight is 299 g/mol. The van der Waals surface area contributed by atoms with Gasteiger partial charge < -0.3 is 19.9 Å². The first-order valence-electron chi connectivity index (χ1n) is 6.33. The quantitative estimate of drug-likeness (QED) is 0.747. The van der Waals surface area contributed by atoms with Crippen molar-refractivity contribution in [1.82, 2.24) is 5.32 Å².